The maximum atomic E-state index is 12.7. The number of aryl methyl sites for hydroxylation is 1. The van der Waals surface area contributed by atoms with Gasteiger partial charge in [0.05, 0.1) is 0 Å². The van der Waals surface area contributed by atoms with Crippen LogP contribution in [0.2, 0.25) is 5.02 Å². The second-order valence-corrected chi connectivity index (χ2v) is 5.99. The summed E-state index contributed by atoms with van der Waals surface area (Å²) in [5.41, 5.74) is 1.80. The Morgan fingerprint density at radius 2 is 2.05 bits per heavy atom. The predicted molar refractivity (Wildman–Crippen MR) is 77.8 cm³/mol. The third-order valence-corrected chi connectivity index (χ3v) is 4.20. The molecule has 1 aliphatic heterocycles. The number of carbonyl (C=O) groups excluding carboxylic acids is 2. The third-order valence-electron chi connectivity index (χ3n) is 3.97. The molecule has 0 bridgehead atoms. The van der Waals surface area contributed by atoms with E-state index in [0.717, 1.165) is 24.1 Å². The second-order valence-electron chi connectivity index (χ2n) is 5.55. The van der Waals surface area contributed by atoms with E-state index in [4.69, 9.17) is 11.6 Å². The van der Waals surface area contributed by atoms with E-state index in [1.807, 2.05) is 19.1 Å². The molecule has 106 valence electrons. The number of carbonyl (C=O) groups is 2. The lowest BCUT2D eigenvalue weighted by molar-refractivity contribution is -0.126. The summed E-state index contributed by atoms with van der Waals surface area (Å²) in [5, 5.41) is 3.46. The summed E-state index contributed by atoms with van der Waals surface area (Å²) >= 11 is 6.04. The minimum atomic E-state index is -0.372. The van der Waals surface area contributed by atoms with Crippen molar-refractivity contribution < 1.29 is 9.59 Å². The van der Waals surface area contributed by atoms with Gasteiger partial charge in [-0.05, 0) is 43.4 Å². The van der Waals surface area contributed by atoms with Crippen molar-refractivity contribution in [1.82, 2.24) is 5.32 Å². The Morgan fingerprint density at radius 3 is 2.75 bits per heavy atom. The van der Waals surface area contributed by atoms with Gasteiger partial charge in [0.1, 0.15) is 6.04 Å². The van der Waals surface area contributed by atoms with E-state index in [-0.39, 0.29) is 17.9 Å². The van der Waals surface area contributed by atoms with Crippen molar-refractivity contribution >= 4 is 29.1 Å². The molecule has 1 aromatic carbocycles. The Balaban J connectivity index is 1.96. The van der Waals surface area contributed by atoms with Crippen LogP contribution in [0.3, 0.4) is 0 Å². The number of halogens is 1. The maximum absolute atomic E-state index is 12.7. The van der Waals surface area contributed by atoms with Crippen LogP contribution >= 0.6 is 11.6 Å². The lowest BCUT2D eigenvalue weighted by atomic mass is 10.1. The van der Waals surface area contributed by atoms with Crippen LogP contribution in [-0.4, -0.2) is 24.4 Å². The van der Waals surface area contributed by atoms with Gasteiger partial charge in [0.15, 0.2) is 0 Å². The SMILES string of the molecule is Cc1ccc(Cl)cc1N1CCC(=O)NC(C2CC2)C1=O. The topological polar surface area (TPSA) is 49.4 Å². The van der Waals surface area contributed by atoms with E-state index in [0.29, 0.717) is 23.9 Å². The summed E-state index contributed by atoms with van der Waals surface area (Å²) in [7, 11) is 0. The highest BCUT2D eigenvalue weighted by atomic mass is 35.5. The molecule has 0 spiro atoms. The molecule has 1 unspecified atom stereocenters. The van der Waals surface area contributed by atoms with Crippen LogP contribution in [-0.2, 0) is 9.59 Å². The van der Waals surface area contributed by atoms with Crippen molar-refractivity contribution in [2.24, 2.45) is 5.92 Å². The molecule has 1 atom stereocenters. The Hall–Kier alpha value is -1.55. The van der Waals surface area contributed by atoms with Crippen LogP contribution in [0.5, 0.6) is 0 Å². The highest BCUT2D eigenvalue weighted by molar-refractivity contribution is 6.31. The zero-order chi connectivity index (χ0) is 14.3. The Morgan fingerprint density at radius 1 is 1.30 bits per heavy atom. The monoisotopic (exact) mass is 292 g/mol. The van der Waals surface area contributed by atoms with Crippen LogP contribution in [0.4, 0.5) is 5.69 Å². The van der Waals surface area contributed by atoms with Crippen molar-refractivity contribution in [1.29, 1.82) is 0 Å². The highest BCUT2D eigenvalue weighted by Crippen LogP contribution is 2.35. The Bertz CT molecular complexity index is 569. The van der Waals surface area contributed by atoms with Gasteiger partial charge in [-0.25, -0.2) is 0 Å². The normalized spacial score (nSPS) is 23.5. The quantitative estimate of drug-likeness (QED) is 0.909. The van der Waals surface area contributed by atoms with Crippen molar-refractivity contribution in [3.05, 3.63) is 28.8 Å². The molecular weight excluding hydrogens is 276 g/mol. The molecule has 5 heteroatoms. The molecule has 2 aliphatic rings. The number of hydrogen-bond donors (Lipinski definition) is 1. The second kappa shape index (κ2) is 5.09. The van der Waals surface area contributed by atoms with Gasteiger partial charge >= 0.3 is 0 Å². The van der Waals surface area contributed by atoms with Crippen molar-refractivity contribution in [3.63, 3.8) is 0 Å². The van der Waals surface area contributed by atoms with Gasteiger partial charge in [-0.3, -0.25) is 9.59 Å². The molecule has 2 fully saturated rings. The van der Waals surface area contributed by atoms with Crippen molar-refractivity contribution in [3.8, 4) is 0 Å². The molecule has 20 heavy (non-hydrogen) atoms. The van der Waals surface area contributed by atoms with Gasteiger partial charge in [0, 0.05) is 23.7 Å². The predicted octanol–water partition coefficient (Wildman–Crippen LogP) is 2.28. The van der Waals surface area contributed by atoms with Gasteiger partial charge in [-0.2, -0.15) is 0 Å². The first kappa shape index (κ1) is 13.4. The summed E-state index contributed by atoms with van der Waals surface area (Å²) in [6.45, 7) is 2.36. The number of anilines is 1. The fourth-order valence-electron chi connectivity index (χ4n) is 2.66. The first-order valence-corrected chi connectivity index (χ1v) is 7.31. The Labute approximate surface area is 123 Å². The molecule has 1 aliphatic carbocycles. The smallest absolute Gasteiger partial charge is 0.249 e. The summed E-state index contributed by atoms with van der Waals surface area (Å²) in [6, 6.07) is 5.14. The highest BCUT2D eigenvalue weighted by Gasteiger charge is 2.41. The molecule has 1 heterocycles. The van der Waals surface area contributed by atoms with E-state index in [1.165, 1.54) is 0 Å². The summed E-state index contributed by atoms with van der Waals surface area (Å²) in [6.07, 6.45) is 2.36. The van der Waals surface area contributed by atoms with Crippen LogP contribution in [0.15, 0.2) is 18.2 Å². The fraction of sp³-hybridized carbons (Fsp3) is 0.467. The first-order chi connectivity index (χ1) is 9.56. The molecule has 0 aromatic heterocycles. The lowest BCUT2D eigenvalue weighted by Gasteiger charge is -2.25. The molecule has 3 rings (SSSR count). The number of amides is 2. The van der Waals surface area contributed by atoms with Crippen LogP contribution in [0.1, 0.15) is 24.8 Å². The molecule has 0 radical (unpaired) electrons. The van der Waals surface area contributed by atoms with E-state index < -0.39 is 0 Å². The molecule has 4 nitrogen and oxygen atoms in total. The Kier molecular flexibility index (Phi) is 3.42. The van der Waals surface area contributed by atoms with E-state index >= 15 is 0 Å². The molecule has 1 aromatic rings. The minimum absolute atomic E-state index is 0.0104. The largest absolute Gasteiger partial charge is 0.344 e. The minimum Gasteiger partial charge on any atom is -0.344 e. The van der Waals surface area contributed by atoms with Crippen LogP contribution < -0.4 is 10.2 Å². The molecule has 1 N–H and O–H groups in total. The summed E-state index contributed by atoms with van der Waals surface area (Å²) in [5.74, 6) is 0.243. The number of hydrogen-bond acceptors (Lipinski definition) is 2. The average Bonchev–Trinajstić information content (AvgIpc) is 3.23. The molecular formula is C15H17ClN2O2. The van der Waals surface area contributed by atoms with Gasteiger partial charge in [-0.1, -0.05) is 17.7 Å². The summed E-state index contributed by atoms with van der Waals surface area (Å²) < 4.78 is 0. The van der Waals surface area contributed by atoms with E-state index in [1.54, 1.807) is 11.0 Å². The average molecular weight is 293 g/mol. The molecule has 1 saturated heterocycles. The first-order valence-electron chi connectivity index (χ1n) is 6.93. The molecule has 1 saturated carbocycles. The van der Waals surface area contributed by atoms with Crippen LogP contribution in [0.25, 0.3) is 0 Å². The standard InChI is InChI=1S/C15H17ClN2O2/c1-9-2-5-11(16)8-12(9)18-7-6-13(19)17-14(15(18)20)10-3-4-10/h2,5,8,10,14H,3-4,6-7H2,1H3,(H,17,19). The number of nitrogens with zero attached hydrogens (tertiary/aromatic N) is 1. The zero-order valence-corrected chi connectivity index (χ0v) is 12.1. The van der Waals surface area contributed by atoms with Gasteiger partial charge in [0.2, 0.25) is 11.8 Å². The number of benzene rings is 1. The zero-order valence-electron chi connectivity index (χ0n) is 11.4. The molecule has 2 amide bonds. The van der Waals surface area contributed by atoms with E-state index in [9.17, 15) is 9.59 Å². The third kappa shape index (κ3) is 2.52. The number of nitrogens with one attached hydrogen (secondary N) is 1. The van der Waals surface area contributed by atoms with Gasteiger partial charge in [-0.15, -0.1) is 0 Å². The fourth-order valence-corrected chi connectivity index (χ4v) is 2.83. The maximum Gasteiger partial charge on any atom is 0.249 e. The van der Waals surface area contributed by atoms with Gasteiger partial charge in [0.25, 0.3) is 0 Å². The lowest BCUT2D eigenvalue weighted by Crippen LogP contribution is -2.46. The number of rotatable bonds is 2. The van der Waals surface area contributed by atoms with Crippen molar-refractivity contribution in [2.45, 2.75) is 32.2 Å². The summed E-state index contributed by atoms with van der Waals surface area (Å²) in [4.78, 5) is 26.2. The van der Waals surface area contributed by atoms with E-state index in [2.05, 4.69) is 5.32 Å². The van der Waals surface area contributed by atoms with Crippen molar-refractivity contribution in [2.75, 3.05) is 11.4 Å². The van der Waals surface area contributed by atoms with Crippen LogP contribution in [0, 0.1) is 12.8 Å². The van der Waals surface area contributed by atoms with Gasteiger partial charge < -0.3 is 10.2 Å².